The average Bonchev–Trinajstić information content (AvgIpc) is 2.82. The summed E-state index contributed by atoms with van der Waals surface area (Å²) in [5.41, 5.74) is 3.84. The minimum atomic E-state index is 0.296. The number of aryl methyl sites for hydroxylation is 2. The standard InChI is InChI=1S/C17H27NO2/c1-6-18-17(14-7-8-20-13(14)4)16-12(3)9-11(2)10-15(16)19-5/h9-10,13-14,17-18H,6-8H2,1-5H3. The molecule has 3 nitrogen and oxygen atoms in total. The van der Waals surface area contributed by atoms with Crippen LogP contribution in [-0.2, 0) is 4.74 Å². The second-order valence-corrected chi connectivity index (χ2v) is 5.76. The molecule has 0 radical (unpaired) electrons. The second-order valence-electron chi connectivity index (χ2n) is 5.76. The number of methoxy groups -OCH3 is 1. The first-order valence-electron chi connectivity index (χ1n) is 7.58. The van der Waals surface area contributed by atoms with E-state index in [1.54, 1.807) is 7.11 Å². The minimum Gasteiger partial charge on any atom is -0.496 e. The fourth-order valence-electron chi connectivity index (χ4n) is 3.38. The molecule has 3 atom stereocenters. The number of hydrogen-bond donors (Lipinski definition) is 1. The molecule has 112 valence electrons. The molecule has 1 fully saturated rings. The summed E-state index contributed by atoms with van der Waals surface area (Å²) in [5.74, 6) is 1.50. The Morgan fingerprint density at radius 1 is 1.40 bits per heavy atom. The molecule has 1 aliphatic heterocycles. The molecular formula is C17H27NO2. The molecule has 20 heavy (non-hydrogen) atoms. The first-order chi connectivity index (χ1) is 9.58. The van der Waals surface area contributed by atoms with Crippen molar-refractivity contribution in [2.24, 2.45) is 5.92 Å². The first-order valence-corrected chi connectivity index (χ1v) is 7.58. The highest BCUT2D eigenvalue weighted by molar-refractivity contribution is 5.45. The smallest absolute Gasteiger partial charge is 0.124 e. The molecule has 0 amide bonds. The molecular weight excluding hydrogens is 250 g/mol. The van der Waals surface area contributed by atoms with E-state index in [4.69, 9.17) is 9.47 Å². The van der Waals surface area contributed by atoms with E-state index < -0.39 is 0 Å². The highest BCUT2D eigenvalue weighted by Gasteiger charge is 2.34. The second kappa shape index (κ2) is 6.59. The van der Waals surface area contributed by atoms with Crippen LogP contribution in [0.4, 0.5) is 0 Å². The number of rotatable bonds is 5. The molecule has 1 saturated heterocycles. The van der Waals surface area contributed by atoms with Gasteiger partial charge >= 0.3 is 0 Å². The van der Waals surface area contributed by atoms with Crippen molar-refractivity contribution in [1.82, 2.24) is 5.32 Å². The van der Waals surface area contributed by atoms with Gasteiger partial charge in [-0.2, -0.15) is 0 Å². The van der Waals surface area contributed by atoms with E-state index in [2.05, 4.69) is 45.1 Å². The normalized spacial score (nSPS) is 23.9. The molecule has 3 unspecified atom stereocenters. The molecule has 0 saturated carbocycles. The summed E-state index contributed by atoms with van der Waals surface area (Å²) < 4.78 is 11.4. The van der Waals surface area contributed by atoms with E-state index in [0.717, 1.165) is 25.3 Å². The molecule has 1 aromatic rings. The SMILES string of the molecule is CCNC(c1c(C)cc(C)cc1OC)C1CCOC1C. The van der Waals surface area contributed by atoms with Crippen molar-refractivity contribution in [2.75, 3.05) is 20.3 Å². The summed E-state index contributed by atoms with van der Waals surface area (Å²) in [5, 5.41) is 3.65. The van der Waals surface area contributed by atoms with E-state index in [1.165, 1.54) is 16.7 Å². The third-order valence-corrected chi connectivity index (χ3v) is 4.31. The van der Waals surface area contributed by atoms with Crippen LogP contribution in [-0.4, -0.2) is 26.4 Å². The van der Waals surface area contributed by atoms with Crippen LogP contribution in [0.2, 0.25) is 0 Å². The zero-order valence-electron chi connectivity index (χ0n) is 13.3. The van der Waals surface area contributed by atoms with E-state index in [0.29, 0.717) is 18.1 Å². The lowest BCUT2D eigenvalue weighted by atomic mass is 9.85. The molecule has 1 heterocycles. The molecule has 0 bridgehead atoms. The van der Waals surface area contributed by atoms with Gasteiger partial charge < -0.3 is 14.8 Å². The van der Waals surface area contributed by atoms with Gasteiger partial charge in [-0.15, -0.1) is 0 Å². The Morgan fingerprint density at radius 2 is 2.15 bits per heavy atom. The van der Waals surface area contributed by atoms with Crippen molar-refractivity contribution >= 4 is 0 Å². The lowest BCUT2D eigenvalue weighted by molar-refractivity contribution is 0.0952. The van der Waals surface area contributed by atoms with E-state index in [9.17, 15) is 0 Å². The first kappa shape index (κ1) is 15.3. The molecule has 1 aliphatic rings. The Labute approximate surface area is 122 Å². The maximum Gasteiger partial charge on any atom is 0.124 e. The van der Waals surface area contributed by atoms with Crippen LogP contribution in [0.25, 0.3) is 0 Å². The van der Waals surface area contributed by atoms with Crippen LogP contribution in [0.3, 0.4) is 0 Å². The van der Waals surface area contributed by atoms with Crippen LogP contribution in [0.5, 0.6) is 5.75 Å². The summed E-state index contributed by atoms with van der Waals surface area (Å²) in [4.78, 5) is 0. The Balaban J connectivity index is 2.43. The predicted molar refractivity (Wildman–Crippen MR) is 82.4 cm³/mol. The lowest BCUT2D eigenvalue weighted by Crippen LogP contribution is -2.32. The molecule has 0 spiro atoms. The summed E-state index contributed by atoms with van der Waals surface area (Å²) in [6.45, 7) is 10.4. The van der Waals surface area contributed by atoms with Crippen molar-refractivity contribution < 1.29 is 9.47 Å². The van der Waals surface area contributed by atoms with Gasteiger partial charge in [0.05, 0.1) is 13.2 Å². The maximum absolute atomic E-state index is 5.77. The largest absolute Gasteiger partial charge is 0.496 e. The summed E-state index contributed by atoms with van der Waals surface area (Å²) >= 11 is 0. The summed E-state index contributed by atoms with van der Waals surface area (Å²) in [6, 6.07) is 4.67. The monoisotopic (exact) mass is 277 g/mol. The van der Waals surface area contributed by atoms with Gasteiger partial charge in [0.15, 0.2) is 0 Å². The van der Waals surface area contributed by atoms with Gasteiger partial charge in [0.25, 0.3) is 0 Å². The van der Waals surface area contributed by atoms with E-state index in [1.807, 2.05) is 0 Å². The van der Waals surface area contributed by atoms with Gasteiger partial charge in [-0.25, -0.2) is 0 Å². The maximum atomic E-state index is 5.77. The van der Waals surface area contributed by atoms with Gasteiger partial charge in [0.2, 0.25) is 0 Å². The Hall–Kier alpha value is -1.06. The number of ether oxygens (including phenoxy) is 2. The quantitative estimate of drug-likeness (QED) is 0.895. The van der Waals surface area contributed by atoms with Crippen LogP contribution in [0.15, 0.2) is 12.1 Å². The van der Waals surface area contributed by atoms with Crippen molar-refractivity contribution in [1.29, 1.82) is 0 Å². The fourth-order valence-corrected chi connectivity index (χ4v) is 3.38. The van der Waals surface area contributed by atoms with Crippen molar-refractivity contribution in [3.8, 4) is 5.75 Å². The van der Waals surface area contributed by atoms with Crippen molar-refractivity contribution in [3.63, 3.8) is 0 Å². The highest BCUT2D eigenvalue weighted by Crippen LogP contribution is 2.39. The number of nitrogens with one attached hydrogen (secondary N) is 1. The van der Waals surface area contributed by atoms with Gasteiger partial charge in [0, 0.05) is 24.1 Å². The number of hydrogen-bond acceptors (Lipinski definition) is 3. The Morgan fingerprint density at radius 3 is 2.70 bits per heavy atom. The Bertz CT molecular complexity index is 459. The van der Waals surface area contributed by atoms with Crippen LogP contribution in [0.1, 0.15) is 43.0 Å². The van der Waals surface area contributed by atoms with Gasteiger partial charge in [-0.1, -0.05) is 13.0 Å². The fraction of sp³-hybridized carbons (Fsp3) is 0.647. The average molecular weight is 277 g/mol. The molecule has 0 aromatic heterocycles. The molecule has 0 aliphatic carbocycles. The van der Waals surface area contributed by atoms with Crippen LogP contribution >= 0.6 is 0 Å². The number of benzene rings is 1. The topological polar surface area (TPSA) is 30.5 Å². The van der Waals surface area contributed by atoms with Crippen LogP contribution in [0, 0.1) is 19.8 Å². The molecule has 3 heteroatoms. The third kappa shape index (κ3) is 2.99. The lowest BCUT2D eigenvalue weighted by Gasteiger charge is -2.30. The molecule has 2 rings (SSSR count). The predicted octanol–water partition coefficient (Wildman–Crippen LogP) is 3.39. The summed E-state index contributed by atoms with van der Waals surface area (Å²) in [6.07, 6.45) is 1.40. The highest BCUT2D eigenvalue weighted by atomic mass is 16.5. The van der Waals surface area contributed by atoms with Gasteiger partial charge in [-0.05, 0) is 50.9 Å². The zero-order chi connectivity index (χ0) is 14.7. The van der Waals surface area contributed by atoms with Gasteiger partial charge in [-0.3, -0.25) is 0 Å². The van der Waals surface area contributed by atoms with Crippen LogP contribution < -0.4 is 10.1 Å². The van der Waals surface area contributed by atoms with E-state index in [-0.39, 0.29) is 0 Å². The molecule has 1 N–H and O–H groups in total. The minimum absolute atomic E-state index is 0.296. The molecule has 1 aromatic carbocycles. The zero-order valence-corrected chi connectivity index (χ0v) is 13.3. The van der Waals surface area contributed by atoms with Crippen molar-refractivity contribution in [2.45, 2.75) is 46.3 Å². The summed E-state index contributed by atoms with van der Waals surface area (Å²) in [7, 11) is 1.76. The van der Waals surface area contributed by atoms with Gasteiger partial charge in [0.1, 0.15) is 5.75 Å². The van der Waals surface area contributed by atoms with E-state index >= 15 is 0 Å². The third-order valence-electron chi connectivity index (χ3n) is 4.31. The van der Waals surface area contributed by atoms with Crippen molar-refractivity contribution in [3.05, 3.63) is 28.8 Å². The Kier molecular flexibility index (Phi) is 5.06.